The van der Waals surface area contributed by atoms with E-state index in [9.17, 15) is 4.79 Å². The zero-order valence-corrected chi connectivity index (χ0v) is 13.0. The third-order valence-corrected chi connectivity index (χ3v) is 4.46. The molecule has 0 aromatic heterocycles. The van der Waals surface area contributed by atoms with E-state index in [2.05, 4.69) is 35.8 Å². The van der Waals surface area contributed by atoms with Gasteiger partial charge in [-0.1, -0.05) is 18.6 Å². The highest BCUT2D eigenvalue weighted by Crippen LogP contribution is 2.14. The third-order valence-electron chi connectivity index (χ3n) is 3.72. The molecule has 0 aliphatic carbocycles. The second-order valence-electron chi connectivity index (χ2n) is 5.22. The fourth-order valence-electron chi connectivity index (χ4n) is 2.47. The molecule has 1 aliphatic heterocycles. The van der Waals surface area contributed by atoms with Gasteiger partial charge in [0, 0.05) is 37.5 Å². The maximum Gasteiger partial charge on any atom is 0.222 e. The van der Waals surface area contributed by atoms with Crippen molar-refractivity contribution in [3.8, 4) is 0 Å². The fourth-order valence-corrected chi connectivity index (χ4v) is 2.87. The number of hydrogen-bond acceptors (Lipinski definition) is 3. The quantitative estimate of drug-likeness (QED) is 0.646. The van der Waals surface area contributed by atoms with E-state index in [0.29, 0.717) is 5.91 Å². The summed E-state index contributed by atoms with van der Waals surface area (Å²) in [5.74, 6) is 0.327. The second-order valence-corrected chi connectivity index (χ2v) is 6.10. The van der Waals surface area contributed by atoms with Crippen molar-refractivity contribution in [3.05, 3.63) is 29.8 Å². The topological polar surface area (TPSA) is 32.3 Å². The second kappa shape index (κ2) is 8.32. The van der Waals surface area contributed by atoms with Crippen molar-refractivity contribution in [2.24, 2.45) is 0 Å². The smallest absolute Gasteiger partial charge is 0.222 e. The van der Waals surface area contributed by atoms with Crippen LogP contribution in [0.2, 0.25) is 0 Å². The van der Waals surface area contributed by atoms with E-state index in [0.717, 1.165) is 45.4 Å². The van der Waals surface area contributed by atoms with Crippen LogP contribution in [0, 0.1) is 0 Å². The van der Waals surface area contributed by atoms with E-state index in [1.54, 1.807) is 11.8 Å². The number of amides is 1. The summed E-state index contributed by atoms with van der Waals surface area (Å²) in [6, 6.07) is 8.63. The van der Waals surface area contributed by atoms with Crippen LogP contribution in [0.3, 0.4) is 0 Å². The van der Waals surface area contributed by atoms with Crippen LogP contribution in [0.5, 0.6) is 0 Å². The number of carbonyl (C=O) groups is 1. The van der Waals surface area contributed by atoms with Crippen LogP contribution in [0.15, 0.2) is 29.2 Å². The van der Waals surface area contributed by atoms with Gasteiger partial charge in [-0.3, -0.25) is 4.79 Å². The Morgan fingerprint density at radius 2 is 2.00 bits per heavy atom. The molecule has 1 aromatic carbocycles. The number of hydrogen-bond donors (Lipinski definition) is 1. The molecule has 3 nitrogen and oxygen atoms in total. The van der Waals surface area contributed by atoms with Crippen LogP contribution in [-0.2, 0) is 11.3 Å². The van der Waals surface area contributed by atoms with Crippen LogP contribution >= 0.6 is 11.8 Å². The molecule has 20 heavy (non-hydrogen) atoms. The van der Waals surface area contributed by atoms with Gasteiger partial charge in [-0.05, 0) is 36.8 Å². The predicted octanol–water partition coefficient (Wildman–Crippen LogP) is 2.90. The first-order valence-electron chi connectivity index (χ1n) is 7.41. The maximum absolute atomic E-state index is 11.8. The Labute approximate surface area is 126 Å². The SMILES string of the molecule is CSc1ccc(CNCCN2CCCCCC2=O)cc1. The number of likely N-dealkylation sites (tertiary alicyclic amines) is 1. The summed E-state index contributed by atoms with van der Waals surface area (Å²) >= 11 is 1.76. The normalized spacial score (nSPS) is 16.2. The minimum atomic E-state index is 0.327. The van der Waals surface area contributed by atoms with Crippen molar-refractivity contribution in [1.82, 2.24) is 10.2 Å². The summed E-state index contributed by atoms with van der Waals surface area (Å²) in [6.07, 6.45) is 6.23. The molecular formula is C16H24N2OS. The zero-order valence-electron chi connectivity index (χ0n) is 12.2. The Hall–Kier alpha value is -1.00. The molecule has 0 saturated carbocycles. The summed E-state index contributed by atoms with van der Waals surface area (Å²) in [7, 11) is 0. The first kappa shape index (κ1) is 15.4. The molecule has 1 N–H and O–H groups in total. The minimum Gasteiger partial charge on any atom is -0.341 e. The van der Waals surface area contributed by atoms with Crippen molar-refractivity contribution in [1.29, 1.82) is 0 Å². The van der Waals surface area contributed by atoms with E-state index < -0.39 is 0 Å². The molecule has 0 atom stereocenters. The highest BCUT2D eigenvalue weighted by atomic mass is 32.2. The Morgan fingerprint density at radius 3 is 2.75 bits per heavy atom. The van der Waals surface area contributed by atoms with Crippen molar-refractivity contribution < 1.29 is 4.79 Å². The van der Waals surface area contributed by atoms with Crippen LogP contribution in [0.25, 0.3) is 0 Å². The van der Waals surface area contributed by atoms with E-state index in [1.807, 2.05) is 4.90 Å². The van der Waals surface area contributed by atoms with Crippen LogP contribution in [-0.4, -0.2) is 36.7 Å². The molecule has 4 heteroatoms. The summed E-state index contributed by atoms with van der Waals surface area (Å²) in [6.45, 7) is 3.51. The van der Waals surface area contributed by atoms with Gasteiger partial charge < -0.3 is 10.2 Å². The lowest BCUT2D eigenvalue weighted by atomic mass is 10.2. The third kappa shape index (κ3) is 4.84. The first-order valence-corrected chi connectivity index (χ1v) is 8.63. The lowest BCUT2D eigenvalue weighted by molar-refractivity contribution is -0.130. The molecule has 0 unspecified atom stereocenters. The molecule has 1 fully saturated rings. The Balaban J connectivity index is 1.68. The monoisotopic (exact) mass is 292 g/mol. The van der Waals surface area contributed by atoms with Crippen molar-refractivity contribution >= 4 is 17.7 Å². The Bertz CT molecular complexity index is 419. The number of carbonyl (C=O) groups excluding carboxylic acids is 1. The van der Waals surface area contributed by atoms with E-state index >= 15 is 0 Å². The predicted molar refractivity (Wildman–Crippen MR) is 85.0 cm³/mol. The molecule has 1 saturated heterocycles. The lowest BCUT2D eigenvalue weighted by Gasteiger charge is -2.20. The fraction of sp³-hybridized carbons (Fsp3) is 0.562. The van der Waals surface area contributed by atoms with Crippen LogP contribution < -0.4 is 5.32 Å². The highest BCUT2D eigenvalue weighted by Gasteiger charge is 2.15. The van der Waals surface area contributed by atoms with Gasteiger partial charge in [-0.15, -0.1) is 11.8 Å². The van der Waals surface area contributed by atoms with Crippen molar-refractivity contribution in [3.63, 3.8) is 0 Å². The molecule has 0 bridgehead atoms. The van der Waals surface area contributed by atoms with Gasteiger partial charge in [-0.2, -0.15) is 0 Å². The molecule has 110 valence electrons. The Kier molecular flexibility index (Phi) is 6.40. The van der Waals surface area contributed by atoms with Gasteiger partial charge >= 0.3 is 0 Å². The number of thioether (sulfide) groups is 1. The molecule has 0 radical (unpaired) electrons. The number of nitrogens with zero attached hydrogens (tertiary/aromatic N) is 1. The largest absolute Gasteiger partial charge is 0.341 e. The van der Waals surface area contributed by atoms with Gasteiger partial charge in [-0.25, -0.2) is 0 Å². The van der Waals surface area contributed by atoms with Crippen molar-refractivity contribution in [2.45, 2.75) is 37.1 Å². The summed E-state index contributed by atoms with van der Waals surface area (Å²) in [5.41, 5.74) is 1.30. The summed E-state index contributed by atoms with van der Waals surface area (Å²) in [4.78, 5) is 15.2. The van der Waals surface area contributed by atoms with Gasteiger partial charge in [0.1, 0.15) is 0 Å². The lowest BCUT2D eigenvalue weighted by Crippen LogP contribution is -2.36. The van der Waals surface area contributed by atoms with Crippen LogP contribution in [0.4, 0.5) is 0 Å². The molecule has 1 aliphatic rings. The van der Waals surface area contributed by atoms with Gasteiger partial charge in [0.05, 0.1) is 0 Å². The number of nitrogens with one attached hydrogen (secondary N) is 1. The Morgan fingerprint density at radius 1 is 1.20 bits per heavy atom. The molecular weight excluding hydrogens is 268 g/mol. The van der Waals surface area contributed by atoms with Crippen molar-refractivity contribution in [2.75, 3.05) is 25.9 Å². The average molecular weight is 292 g/mol. The van der Waals surface area contributed by atoms with Gasteiger partial charge in [0.15, 0.2) is 0 Å². The molecule has 1 aromatic rings. The summed E-state index contributed by atoms with van der Waals surface area (Å²) in [5, 5.41) is 3.43. The average Bonchev–Trinajstić information content (AvgIpc) is 2.69. The molecule has 0 spiro atoms. The molecule has 2 rings (SSSR count). The zero-order chi connectivity index (χ0) is 14.2. The maximum atomic E-state index is 11.8. The minimum absolute atomic E-state index is 0.327. The van der Waals surface area contributed by atoms with Gasteiger partial charge in [0.2, 0.25) is 5.91 Å². The summed E-state index contributed by atoms with van der Waals surface area (Å²) < 4.78 is 0. The number of benzene rings is 1. The number of rotatable bonds is 6. The van der Waals surface area contributed by atoms with Gasteiger partial charge in [0.25, 0.3) is 0 Å². The highest BCUT2D eigenvalue weighted by molar-refractivity contribution is 7.98. The van der Waals surface area contributed by atoms with Crippen LogP contribution in [0.1, 0.15) is 31.2 Å². The molecule has 1 heterocycles. The standard InChI is InChI=1S/C16H24N2OS/c1-20-15-8-6-14(7-9-15)13-17-10-12-18-11-4-2-3-5-16(18)19/h6-9,17H,2-5,10-13H2,1H3. The molecule has 1 amide bonds. The van der Waals surface area contributed by atoms with E-state index in [-0.39, 0.29) is 0 Å². The van der Waals surface area contributed by atoms with E-state index in [1.165, 1.54) is 16.9 Å². The van der Waals surface area contributed by atoms with E-state index in [4.69, 9.17) is 0 Å². The first-order chi connectivity index (χ1) is 9.79.